The smallest absolute Gasteiger partial charge is 0.137 e. The highest BCUT2D eigenvalue weighted by Crippen LogP contribution is 2.71. The molecule has 0 heterocycles. The molecule has 3 aliphatic rings. The van der Waals surface area contributed by atoms with E-state index in [-0.39, 0.29) is 5.41 Å². The van der Waals surface area contributed by atoms with E-state index in [0.29, 0.717) is 29.0 Å². The van der Waals surface area contributed by atoms with Crippen molar-refractivity contribution in [3.05, 3.63) is 12.2 Å². The fraction of sp³-hybridized carbons (Fsp3) is 0.800. The molecule has 3 aliphatic carbocycles. The van der Waals surface area contributed by atoms with Crippen LogP contribution in [0.15, 0.2) is 12.2 Å². The molecule has 4 unspecified atom stereocenters. The minimum absolute atomic E-state index is 0.162. The summed E-state index contributed by atoms with van der Waals surface area (Å²) in [6.07, 6.45) is 4.43. The highest BCUT2D eigenvalue weighted by molar-refractivity contribution is 5.86. The standard InChI is InChI=1S/C15H22O/c1-9-5-6-15-8-11(9)14(3,4)13(15)12(16)7-10(15)2/h10-11,13H,1,5-8H2,2-4H3. The Morgan fingerprint density at radius 1 is 1.38 bits per heavy atom. The number of ketones is 1. The van der Waals surface area contributed by atoms with Gasteiger partial charge in [0.15, 0.2) is 0 Å². The molecule has 3 fully saturated rings. The summed E-state index contributed by atoms with van der Waals surface area (Å²) in [4.78, 5) is 12.3. The second-order valence-corrected chi connectivity index (χ2v) is 6.97. The number of hydrogen-bond acceptors (Lipinski definition) is 1. The molecule has 0 N–H and O–H groups in total. The van der Waals surface area contributed by atoms with Crippen LogP contribution in [0.1, 0.15) is 46.5 Å². The Labute approximate surface area is 98.3 Å². The Balaban J connectivity index is 2.14. The third-order valence-electron chi connectivity index (χ3n) is 6.02. The van der Waals surface area contributed by atoms with Crippen LogP contribution in [0, 0.1) is 28.6 Å². The van der Waals surface area contributed by atoms with Crippen molar-refractivity contribution in [2.24, 2.45) is 28.6 Å². The zero-order valence-electron chi connectivity index (χ0n) is 10.7. The lowest BCUT2D eigenvalue weighted by atomic mass is 9.67. The number of Topliss-reactive ketones (excluding diaryl/α,β-unsaturated/α-hetero) is 1. The molecule has 2 bridgehead atoms. The maximum atomic E-state index is 12.3. The predicted molar refractivity (Wildman–Crippen MR) is 65.0 cm³/mol. The number of carbonyl (C=O) groups is 1. The maximum Gasteiger partial charge on any atom is 0.137 e. The third kappa shape index (κ3) is 0.959. The Hall–Kier alpha value is -0.590. The van der Waals surface area contributed by atoms with Gasteiger partial charge in [0.2, 0.25) is 0 Å². The number of carbonyl (C=O) groups excluding carboxylic acids is 1. The van der Waals surface area contributed by atoms with E-state index < -0.39 is 0 Å². The molecule has 4 atom stereocenters. The van der Waals surface area contributed by atoms with Gasteiger partial charge in [-0.15, -0.1) is 0 Å². The number of rotatable bonds is 0. The lowest BCUT2D eigenvalue weighted by molar-refractivity contribution is -0.124. The summed E-state index contributed by atoms with van der Waals surface area (Å²) in [7, 11) is 0. The quantitative estimate of drug-likeness (QED) is 0.568. The number of fused-ring (bicyclic) bond motifs is 1. The fourth-order valence-electron chi connectivity index (χ4n) is 5.28. The first-order valence-corrected chi connectivity index (χ1v) is 6.60. The van der Waals surface area contributed by atoms with Gasteiger partial charge < -0.3 is 0 Å². The van der Waals surface area contributed by atoms with Crippen molar-refractivity contribution < 1.29 is 4.79 Å². The molecule has 1 heteroatoms. The summed E-state index contributed by atoms with van der Waals surface area (Å²) in [6.45, 7) is 11.2. The van der Waals surface area contributed by atoms with E-state index >= 15 is 0 Å². The van der Waals surface area contributed by atoms with Gasteiger partial charge in [-0.1, -0.05) is 32.9 Å². The van der Waals surface area contributed by atoms with E-state index in [0.717, 1.165) is 12.8 Å². The molecule has 0 aromatic heterocycles. The molecule has 88 valence electrons. The zero-order valence-corrected chi connectivity index (χ0v) is 10.7. The molecule has 0 aromatic rings. The van der Waals surface area contributed by atoms with Gasteiger partial charge in [-0.25, -0.2) is 0 Å². The first-order valence-electron chi connectivity index (χ1n) is 6.60. The Morgan fingerprint density at radius 2 is 2.06 bits per heavy atom. The van der Waals surface area contributed by atoms with Crippen LogP contribution in [0.4, 0.5) is 0 Å². The van der Waals surface area contributed by atoms with Gasteiger partial charge in [0.05, 0.1) is 0 Å². The van der Waals surface area contributed by atoms with Crippen LogP contribution < -0.4 is 0 Å². The minimum Gasteiger partial charge on any atom is -0.299 e. The summed E-state index contributed by atoms with van der Waals surface area (Å²) in [5, 5.41) is 0. The lowest BCUT2D eigenvalue weighted by Gasteiger charge is -2.37. The largest absolute Gasteiger partial charge is 0.299 e. The van der Waals surface area contributed by atoms with Gasteiger partial charge in [-0.2, -0.15) is 0 Å². The van der Waals surface area contributed by atoms with E-state index in [1.165, 1.54) is 18.4 Å². The van der Waals surface area contributed by atoms with Crippen molar-refractivity contribution in [1.82, 2.24) is 0 Å². The highest BCUT2D eigenvalue weighted by atomic mass is 16.1. The monoisotopic (exact) mass is 218 g/mol. The third-order valence-corrected chi connectivity index (χ3v) is 6.02. The topological polar surface area (TPSA) is 17.1 Å². The zero-order chi connectivity index (χ0) is 11.7. The average Bonchev–Trinajstić information content (AvgIpc) is 2.54. The minimum atomic E-state index is 0.162. The molecule has 0 amide bonds. The van der Waals surface area contributed by atoms with Gasteiger partial charge in [-0.05, 0) is 41.9 Å². The van der Waals surface area contributed by atoms with Gasteiger partial charge in [0.1, 0.15) is 5.78 Å². The summed E-state index contributed by atoms with van der Waals surface area (Å²) < 4.78 is 0. The average molecular weight is 218 g/mol. The van der Waals surface area contributed by atoms with Crippen LogP contribution in [-0.2, 0) is 4.79 Å². The van der Waals surface area contributed by atoms with Crippen LogP contribution >= 0.6 is 0 Å². The number of allylic oxidation sites excluding steroid dienone is 1. The van der Waals surface area contributed by atoms with E-state index in [1.54, 1.807) is 0 Å². The van der Waals surface area contributed by atoms with Crippen LogP contribution in [0.25, 0.3) is 0 Å². The van der Waals surface area contributed by atoms with Crippen LogP contribution in [0.2, 0.25) is 0 Å². The second kappa shape index (κ2) is 2.80. The highest BCUT2D eigenvalue weighted by Gasteiger charge is 2.67. The van der Waals surface area contributed by atoms with E-state index in [2.05, 4.69) is 27.4 Å². The first-order chi connectivity index (χ1) is 7.39. The SMILES string of the molecule is C=C1CCC23CC1C(C)(C)C2C(=O)CC3C. The second-order valence-electron chi connectivity index (χ2n) is 6.97. The summed E-state index contributed by atoms with van der Waals surface area (Å²) in [5.74, 6) is 2.05. The van der Waals surface area contributed by atoms with E-state index in [9.17, 15) is 4.79 Å². The molecule has 16 heavy (non-hydrogen) atoms. The van der Waals surface area contributed by atoms with Crippen molar-refractivity contribution in [1.29, 1.82) is 0 Å². The molecule has 3 rings (SSSR count). The van der Waals surface area contributed by atoms with Crippen molar-refractivity contribution in [3.8, 4) is 0 Å². The molecule has 1 spiro atoms. The Kier molecular flexibility index (Phi) is 1.85. The summed E-state index contributed by atoms with van der Waals surface area (Å²) in [6, 6.07) is 0. The van der Waals surface area contributed by atoms with E-state index in [1.807, 2.05) is 0 Å². The Bertz CT molecular complexity index is 379. The molecule has 0 aromatic carbocycles. The van der Waals surface area contributed by atoms with Crippen molar-refractivity contribution in [2.45, 2.75) is 46.5 Å². The van der Waals surface area contributed by atoms with Crippen LogP contribution in [0.3, 0.4) is 0 Å². The van der Waals surface area contributed by atoms with E-state index in [4.69, 9.17) is 0 Å². The maximum absolute atomic E-state index is 12.3. The molecule has 3 saturated carbocycles. The normalized spacial score (nSPS) is 49.6. The van der Waals surface area contributed by atoms with Gasteiger partial charge in [0, 0.05) is 12.3 Å². The van der Waals surface area contributed by atoms with Crippen molar-refractivity contribution in [3.63, 3.8) is 0 Å². The van der Waals surface area contributed by atoms with Gasteiger partial charge in [-0.3, -0.25) is 4.79 Å². The molecule has 0 radical (unpaired) electrons. The molecule has 1 nitrogen and oxygen atoms in total. The number of hydrogen-bond donors (Lipinski definition) is 0. The summed E-state index contributed by atoms with van der Waals surface area (Å²) >= 11 is 0. The molecular formula is C15H22O. The van der Waals surface area contributed by atoms with Crippen molar-refractivity contribution >= 4 is 5.78 Å². The molecule has 0 aliphatic heterocycles. The molecule has 0 saturated heterocycles. The Morgan fingerprint density at radius 3 is 2.75 bits per heavy atom. The van der Waals surface area contributed by atoms with Crippen molar-refractivity contribution in [2.75, 3.05) is 0 Å². The molecular weight excluding hydrogens is 196 g/mol. The lowest BCUT2D eigenvalue weighted by Crippen LogP contribution is -2.33. The first kappa shape index (κ1) is 10.6. The summed E-state index contributed by atoms with van der Waals surface area (Å²) in [5.41, 5.74) is 1.91. The van der Waals surface area contributed by atoms with Gasteiger partial charge >= 0.3 is 0 Å². The van der Waals surface area contributed by atoms with Gasteiger partial charge in [0.25, 0.3) is 0 Å². The van der Waals surface area contributed by atoms with Crippen LogP contribution in [-0.4, -0.2) is 5.78 Å². The fourth-order valence-corrected chi connectivity index (χ4v) is 5.28. The van der Waals surface area contributed by atoms with Crippen LogP contribution in [0.5, 0.6) is 0 Å². The predicted octanol–water partition coefficient (Wildman–Crippen LogP) is 3.59.